The van der Waals surface area contributed by atoms with Crippen LogP contribution in [-0.2, 0) is 4.79 Å². The number of fused-ring (bicyclic) bond motifs is 3. The van der Waals surface area contributed by atoms with Crippen LogP contribution in [0.25, 0.3) is 16.8 Å². The van der Waals surface area contributed by atoms with E-state index in [1.165, 1.54) is 48.3 Å². The third-order valence-corrected chi connectivity index (χ3v) is 7.23. The van der Waals surface area contributed by atoms with Crippen LogP contribution >= 0.6 is 0 Å². The summed E-state index contributed by atoms with van der Waals surface area (Å²) in [6, 6.07) is 2.18. The maximum absolute atomic E-state index is 13.1. The predicted molar refractivity (Wildman–Crippen MR) is 134 cm³/mol. The fraction of sp³-hybridized carbons (Fsp3) is 0.360. The summed E-state index contributed by atoms with van der Waals surface area (Å²) in [5, 5.41) is 13.6. The molecule has 0 spiro atoms. The van der Waals surface area contributed by atoms with Gasteiger partial charge in [0, 0.05) is 24.3 Å². The van der Waals surface area contributed by atoms with E-state index in [1.807, 2.05) is 0 Å². The molecule has 1 saturated carbocycles. The second kappa shape index (κ2) is 9.56. The molecule has 2 bridgehead atoms. The molecule has 0 aromatic carbocycles. The Bertz CT molecular complexity index is 1530. The van der Waals surface area contributed by atoms with Gasteiger partial charge in [-0.25, -0.2) is 9.20 Å². The lowest BCUT2D eigenvalue weighted by Crippen LogP contribution is -2.38. The molecule has 13 heteroatoms. The minimum absolute atomic E-state index is 0.107. The van der Waals surface area contributed by atoms with Gasteiger partial charge in [-0.3, -0.25) is 24.5 Å². The van der Waals surface area contributed by atoms with Gasteiger partial charge in [-0.1, -0.05) is 0 Å². The number of anilines is 2. The maximum atomic E-state index is 13.1. The molecule has 38 heavy (non-hydrogen) atoms. The Morgan fingerprint density at radius 1 is 1.08 bits per heavy atom. The monoisotopic (exact) mass is 521 g/mol. The molecule has 1 aliphatic heterocycles. The van der Waals surface area contributed by atoms with E-state index in [2.05, 4.69) is 35.7 Å². The molecule has 4 aromatic rings. The van der Waals surface area contributed by atoms with Crippen molar-refractivity contribution in [2.75, 3.05) is 23.7 Å². The highest BCUT2D eigenvalue weighted by Crippen LogP contribution is 2.37. The topological polar surface area (TPSA) is 122 Å². The number of nitrogens with one attached hydrogen (secondary N) is 2. The van der Waals surface area contributed by atoms with Crippen molar-refractivity contribution < 1.29 is 18.4 Å². The number of hydrogen-bond donors (Lipinski definition) is 2. The van der Waals surface area contributed by atoms with E-state index in [9.17, 15) is 18.4 Å². The number of likely N-dealkylation sites (tertiary alicyclic amines) is 1. The molecule has 0 unspecified atom stereocenters. The lowest BCUT2D eigenvalue weighted by molar-refractivity contribution is -0.117. The van der Waals surface area contributed by atoms with Crippen LogP contribution in [0.3, 0.4) is 0 Å². The third-order valence-electron chi connectivity index (χ3n) is 7.23. The zero-order chi connectivity index (χ0) is 26.4. The van der Waals surface area contributed by atoms with Crippen molar-refractivity contribution >= 4 is 28.7 Å². The van der Waals surface area contributed by atoms with Crippen LogP contribution in [0.1, 0.15) is 41.9 Å². The summed E-state index contributed by atoms with van der Waals surface area (Å²) in [5.41, 5.74) is 3.01. The van der Waals surface area contributed by atoms with Crippen molar-refractivity contribution in [3.63, 3.8) is 0 Å². The van der Waals surface area contributed by atoms with E-state index in [-0.39, 0.29) is 11.5 Å². The van der Waals surface area contributed by atoms with E-state index in [1.54, 1.807) is 19.2 Å². The van der Waals surface area contributed by atoms with E-state index in [0.29, 0.717) is 57.0 Å². The van der Waals surface area contributed by atoms with Crippen molar-refractivity contribution in [2.24, 2.45) is 5.92 Å². The van der Waals surface area contributed by atoms with Gasteiger partial charge < -0.3 is 10.6 Å². The molecule has 0 radical (unpaired) electrons. The smallest absolute Gasteiger partial charge is 0.324 e. The average Bonchev–Trinajstić information content (AvgIpc) is 3.69. The van der Waals surface area contributed by atoms with Gasteiger partial charge in [0.25, 0.3) is 5.91 Å². The molecule has 2 N–H and O–H groups in total. The fourth-order valence-electron chi connectivity index (χ4n) is 5.31. The lowest BCUT2D eigenvalue weighted by Gasteiger charge is -2.25. The highest BCUT2D eigenvalue weighted by Gasteiger charge is 2.38. The summed E-state index contributed by atoms with van der Waals surface area (Å²) in [7, 11) is 0. The van der Waals surface area contributed by atoms with Crippen LogP contribution < -0.4 is 10.6 Å². The molecular formula is C25H25F2N9O2. The van der Waals surface area contributed by atoms with E-state index in [0.717, 1.165) is 13.0 Å². The van der Waals surface area contributed by atoms with Gasteiger partial charge in [0.1, 0.15) is 0 Å². The summed E-state index contributed by atoms with van der Waals surface area (Å²) in [6.07, 6.45) is 12.0. The highest BCUT2D eigenvalue weighted by molar-refractivity contribution is 6.09. The highest BCUT2D eigenvalue weighted by atomic mass is 19.3. The van der Waals surface area contributed by atoms with Gasteiger partial charge in [0.05, 0.1) is 71.4 Å². The van der Waals surface area contributed by atoms with E-state index >= 15 is 0 Å². The Morgan fingerprint density at radius 3 is 2.68 bits per heavy atom. The van der Waals surface area contributed by atoms with Crippen LogP contribution in [0, 0.1) is 12.8 Å². The number of hydrogen-bond acceptors (Lipinski definition) is 7. The fourth-order valence-corrected chi connectivity index (χ4v) is 5.31. The number of nitrogens with zero attached hydrogens (tertiary/aromatic N) is 7. The normalized spacial score (nSPS) is 18.9. The van der Waals surface area contributed by atoms with E-state index in [4.69, 9.17) is 0 Å². The Morgan fingerprint density at radius 2 is 1.95 bits per heavy atom. The zero-order valence-electron chi connectivity index (χ0n) is 20.5. The van der Waals surface area contributed by atoms with Gasteiger partial charge in [-0.05, 0) is 38.2 Å². The van der Waals surface area contributed by atoms with Crippen molar-refractivity contribution in [1.29, 1.82) is 0 Å². The first-order chi connectivity index (χ1) is 18.3. The molecule has 4 aromatic heterocycles. The van der Waals surface area contributed by atoms with Gasteiger partial charge in [0.15, 0.2) is 0 Å². The minimum Gasteiger partial charge on any atom is -0.324 e. The summed E-state index contributed by atoms with van der Waals surface area (Å²) < 4.78 is 27.7. The van der Waals surface area contributed by atoms with Gasteiger partial charge in [-0.2, -0.15) is 19.0 Å². The molecule has 2 fully saturated rings. The summed E-state index contributed by atoms with van der Waals surface area (Å²) >= 11 is 0. The SMILES string of the molecule is Cc1ncc(NC(=O)CN2C[C@@H]3CC[C@H]2C3)cc1NC(=O)c1cnn2cc(-c3cnn(C(F)F)c3)ncc12. The summed E-state index contributed by atoms with van der Waals surface area (Å²) in [5.74, 6) is 0.174. The first-order valence-electron chi connectivity index (χ1n) is 12.3. The van der Waals surface area contributed by atoms with Gasteiger partial charge >= 0.3 is 6.55 Å². The van der Waals surface area contributed by atoms with Crippen LogP contribution in [0.2, 0.25) is 0 Å². The quantitative estimate of drug-likeness (QED) is 0.382. The van der Waals surface area contributed by atoms with Crippen LogP contribution in [0.5, 0.6) is 0 Å². The van der Waals surface area contributed by atoms with Gasteiger partial charge in [-0.15, -0.1) is 0 Å². The van der Waals surface area contributed by atoms with Crippen LogP contribution in [-0.4, -0.2) is 65.2 Å². The second-order valence-electron chi connectivity index (χ2n) is 9.77. The summed E-state index contributed by atoms with van der Waals surface area (Å²) in [4.78, 5) is 36.6. The maximum Gasteiger partial charge on any atom is 0.333 e. The van der Waals surface area contributed by atoms with Crippen molar-refractivity contribution in [2.45, 2.75) is 38.8 Å². The number of aromatic nitrogens is 6. The number of aryl methyl sites for hydroxylation is 1. The second-order valence-corrected chi connectivity index (χ2v) is 9.77. The number of piperidine rings is 1. The number of carbonyl (C=O) groups excluding carboxylic acids is 2. The molecular weight excluding hydrogens is 496 g/mol. The van der Waals surface area contributed by atoms with Crippen LogP contribution in [0.15, 0.2) is 43.2 Å². The molecule has 2 amide bonds. The van der Waals surface area contributed by atoms with E-state index < -0.39 is 12.5 Å². The van der Waals surface area contributed by atoms with Crippen LogP contribution in [0.4, 0.5) is 20.2 Å². The van der Waals surface area contributed by atoms with Crippen molar-refractivity contribution in [3.05, 3.63) is 54.5 Å². The first kappa shape index (κ1) is 24.1. The number of alkyl halides is 2. The number of pyridine rings is 1. The van der Waals surface area contributed by atoms with Crippen molar-refractivity contribution in [3.8, 4) is 11.3 Å². The molecule has 1 saturated heterocycles. The molecule has 1 aliphatic carbocycles. The minimum atomic E-state index is -2.75. The molecule has 6 rings (SSSR count). The molecule has 11 nitrogen and oxygen atoms in total. The number of rotatable bonds is 7. The average molecular weight is 522 g/mol. The zero-order valence-corrected chi connectivity index (χ0v) is 20.5. The Hall–Kier alpha value is -4.26. The van der Waals surface area contributed by atoms with Crippen molar-refractivity contribution in [1.82, 2.24) is 34.3 Å². The predicted octanol–water partition coefficient (Wildman–Crippen LogP) is 3.37. The van der Waals surface area contributed by atoms with Gasteiger partial charge in [0.2, 0.25) is 5.91 Å². The largest absolute Gasteiger partial charge is 0.333 e. The molecule has 2 aliphatic rings. The molecule has 196 valence electrons. The lowest BCUT2D eigenvalue weighted by atomic mass is 10.1. The molecule has 5 heterocycles. The molecule has 2 atom stereocenters. The Labute approximate surface area is 215 Å². The number of carbonyl (C=O) groups is 2. The standard InChI is InChI=1S/C25H25F2N9O2/c1-14-20(5-17(7-28-14)32-23(37)13-34-10-15-2-3-18(34)4-15)33-24(38)19-8-31-35-12-21(29-9-22(19)35)16-6-30-36(11-16)25(26)27/h5-9,11-12,15,18,25H,2-4,10,13H2,1H3,(H,32,37)(H,33,38)/t15-,18+/m1/s1. The third kappa shape index (κ3) is 4.60. The number of halogens is 2. The first-order valence-corrected chi connectivity index (χ1v) is 12.3. The summed E-state index contributed by atoms with van der Waals surface area (Å²) in [6.45, 7) is 0.321. The Balaban J connectivity index is 1.15. The number of amides is 2. The Kier molecular flexibility index (Phi) is 6.06.